The van der Waals surface area contributed by atoms with E-state index in [0.717, 1.165) is 12.8 Å². The van der Waals surface area contributed by atoms with Gasteiger partial charge in [-0.3, -0.25) is 4.79 Å². The van der Waals surface area contributed by atoms with Gasteiger partial charge in [-0.2, -0.15) is 8.78 Å². The van der Waals surface area contributed by atoms with Crippen LogP contribution >= 0.6 is 0 Å². The minimum absolute atomic E-state index is 0.106. The van der Waals surface area contributed by atoms with E-state index in [0.29, 0.717) is 0 Å². The number of hydrogen-bond donors (Lipinski definition) is 1. The SMILES string of the molecule is CC(C)(NC(=O)C(F)(F)C(F)F)C1CC1. The summed E-state index contributed by atoms with van der Waals surface area (Å²) in [5.41, 5.74) is -0.838. The largest absolute Gasteiger partial charge is 0.383 e. The van der Waals surface area contributed by atoms with E-state index >= 15 is 0 Å². The average Bonchev–Trinajstić information content (AvgIpc) is 2.84. The molecule has 1 saturated carbocycles. The Morgan fingerprint density at radius 1 is 1.33 bits per heavy atom. The van der Waals surface area contributed by atoms with Gasteiger partial charge in [0.1, 0.15) is 0 Å². The zero-order valence-electron chi connectivity index (χ0n) is 8.49. The average molecular weight is 227 g/mol. The molecule has 0 aromatic rings. The van der Waals surface area contributed by atoms with Gasteiger partial charge in [0.15, 0.2) is 0 Å². The first-order chi connectivity index (χ1) is 6.68. The number of amides is 1. The molecule has 1 aliphatic rings. The summed E-state index contributed by atoms with van der Waals surface area (Å²) >= 11 is 0. The third-order valence-electron chi connectivity index (χ3n) is 2.61. The van der Waals surface area contributed by atoms with Crippen LogP contribution in [-0.2, 0) is 4.79 Å². The number of rotatable bonds is 4. The molecule has 0 heterocycles. The first kappa shape index (κ1) is 12.3. The fraction of sp³-hybridized carbons (Fsp3) is 0.889. The van der Waals surface area contributed by atoms with Crippen LogP contribution in [-0.4, -0.2) is 23.8 Å². The lowest BCUT2D eigenvalue weighted by atomic mass is 9.98. The Morgan fingerprint density at radius 3 is 2.13 bits per heavy atom. The number of carbonyl (C=O) groups is 1. The van der Waals surface area contributed by atoms with Crippen LogP contribution in [0.5, 0.6) is 0 Å². The number of carbonyl (C=O) groups excluding carboxylic acids is 1. The van der Waals surface area contributed by atoms with Crippen molar-refractivity contribution in [2.24, 2.45) is 5.92 Å². The third-order valence-corrected chi connectivity index (χ3v) is 2.61. The summed E-state index contributed by atoms with van der Waals surface area (Å²) in [6.07, 6.45) is -2.31. The second kappa shape index (κ2) is 3.64. The van der Waals surface area contributed by atoms with Crippen LogP contribution in [0.15, 0.2) is 0 Å². The number of halogens is 4. The number of hydrogen-bond acceptors (Lipinski definition) is 1. The maximum Gasteiger partial charge on any atom is 0.383 e. The van der Waals surface area contributed by atoms with Crippen molar-refractivity contribution in [2.45, 2.75) is 44.6 Å². The standard InChI is InChI=1S/C9H13F4NO/c1-8(2,5-3-4-5)14-7(15)9(12,13)6(10)11/h5-6H,3-4H2,1-2H3,(H,14,15). The maximum atomic E-state index is 12.6. The smallest absolute Gasteiger partial charge is 0.346 e. The molecule has 1 aliphatic carbocycles. The Hall–Kier alpha value is -0.810. The van der Waals surface area contributed by atoms with E-state index in [1.807, 2.05) is 5.32 Å². The van der Waals surface area contributed by atoms with Crippen molar-refractivity contribution in [3.8, 4) is 0 Å². The van der Waals surface area contributed by atoms with Crippen molar-refractivity contribution in [3.63, 3.8) is 0 Å². The second-order valence-electron chi connectivity index (χ2n) is 4.37. The number of nitrogens with one attached hydrogen (secondary N) is 1. The molecule has 1 amide bonds. The molecular weight excluding hydrogens is 214 g/mol. The normalized spacial score (nSPS) is 18.1. The zero-order valence-corrected chi connectivity index (χ0v) is 8.49. The van der Waals surface area contributed by atoms with Crippen LogP contribution in [0.3, 0.4) is 0 Å². The molecule has 0 atom stereocenters. The molecule has 0 aliphatic heterocycles. The van der Waals surface area contributed by atoms with Crippen LogP contribution in [0.2, 0.25) is 0 Å². The van der Waals surface area contributed by atoms with Crippen molar-refractivity contribution >= 4 is 5.91 Å². The molecule has 0 aromatic heterocycles. The van der Waals surface area contributed by atoms with Crippen LogP contribution in [0.1, 0.15) is 26.7 Å². The van der Waals surface area contributed by atoms with Crippen molar-refractivity contribution in [2.75, 3.05) is 0 Å². The highest BCUT2D eigenvalue weighted by atomic mass is 19.3. The highest BCUT2D eigenvalue weighted by Gasteiger charge is 2.51. The lowest BCUT2D eigenvalue weighted by Crippen LogP contribution is -2.54. The predicted molar refractivity (Wildman–Crippen MR) is 45.9 cm³/mol. The molecule has 88 valence electrons. The van der Waals surface area contributed by atoms with Crippen LogP contribution in [0.25, 0.3) is 0 Å². The highest BCUT2D eigenvalue weighted by Crippen LogP contribution is 2.39. The lowest BCUT2D eigenvalue weighted by molar-refractivity contribution is -0.171. The molecular formula is C9H13F4NO. The summed E-state index contributed by atoms with van der Waals surface area (Å²) < 4.78 is 48.9. The Labute approximate surface area is 85.0 Å². The monoisotopic (exact) mass is 227 g/mol. The van der Waals surface area contributed by atoms with Crippen molar-refractivity contribution in [1.82, 2.24) is 5.32 Å². The van der Waals surface area contributed by atoms with Gasteiger partial charge in [0.25, 0.3) is 5.91 Å². The van der Waals surface area contributed by atoms with E-state index in [9.17, 15) is 22.4 Å². The maximum absolute atomic E-state index is 12.6. The molecule has 1 N–H and O–H groups in total. The fourth-order valence-corrected chi connectivity index (χ4v) is 1.38. The Bertz CT molecular complexity index is 261. The molecule has 1 rings (SSSR count). The summed E-state index contributed by atoms with van der Waals surface area (Å²) in [5, 5.41) is 1.97. The van der Waals surface area contributed by atoms with Gasteiger partial charge in [-0.1, -0.05) is 0 Å². The molecule has 0 bridgehead atoms. The van der Waals surface area contributed by atoms with E-state index in [1.165, 1.54) is 0 Å². The van der Waals surface area contributed by atoms with Gasteiger partial charge < -0.3 is 5.32 Å². The van der Waals surface area contributed by atoms with Crippen molar-refractivity contribution < 1.29 is 22.4 Å². The molecule has 15 heavy (non-hydrogen) atoms. The van der Waals surface area contributed by atoms with E-state index in [-0.39, 0.29) is 5.92 Å². The molecule has 6 heteroatoms. The first-order valence-corrected chi connectivity index (χ1v) is 4.66. The van der Waals surface area contributed by atoms with Crippen molar-refractivity contribution in [1.29, 1.82) is 0 Å². The van der Waals surface area contributed by atoms with Crippen LogP contribution < -0.4 is 5.32 Å². The van der Waals surface area contributed by atoms with E-state index in [1.54, 1.807) is 13.8 Å². The Balaban J connectivity index is 2.62. The van der Waals surface area contributed by atoms with Gasteiger partial charge in [-0.05, 0) is 32.6 Å². The summed E-state index contributed by atoms with van der Waals surface area (Å²) in [4.78, 5) is 10.9. The van der Waals surface area contributed by atoms with E-state index in [4.69, 9.17) is 0 Å². The minimum atomic E-state index is -4.60. The Kier molecular flexibility index (Phi) is 2.98. The molecule has 0 radical (unpaired) electrons. The predicted octanol–water partition coefficient (Wildman–Crippen LogP) is 2.19. The second-order valence-corrected chi connectivity index (χ2v) is 4.37. The van der Waals surface area contributed by atoms with Crippen molar-refractivity contribution in [3.05, 3.63) is 0 Å². The Morgan fingerprint density at radius 2 is 1.80 bits per heavy atom. The van der Waals surface area contributed by atoms with Gasteiger partial charge in [0.05, 0.1) is 0 Å². The van der Waals surface area contributed by atoms with E-state index < -0.39 is 23.8 Å². The number of alkyl halides is 4. The van der Waals surface area contributed by atoms with Gasteiger partial charge in [-0.25, -0.2) is 8.78 Å². The topological polar surface area (TPSA) is 29.1 Å². The quantitative estimate of drug-likeness (QED) is 0.733. The summed E-state index contributed by atoms with van der Waals surface area (Å²) in [7, 11) is 0. The molecule has 0 spiro atoms. The fourth-order valence-electron chi connectivity index (χ4n) is 1.38. The highest BCUT2D eigenvalue weighted by molar-refractivity contribution is 5.84. The molecule has 1 fully saturated rings. The summed E-state index contributed by atoms with van der Waals surface area (Å²) in [6, 6.07) is 0. The molecule has 0 aromatic carbocycles. The van der Waals surface area contributed by atoms with Gasteiger partial charge in [0, 0.05) is 5.54 Å². The molecule has 2 nitrogen and oxygen atoms in total. The summed E-state index contributed by atoms with van der Waals surface area (Å²) in [6.45, 7) is 3.12. The summed E-state index contributed by atoms with van der Waals surface area (Å²) in [5.74, 6) is -6.39. The van der Waals surface area contributed by atoms with Crippen LogP contribution in [0.4, 0.5) is 17.6 Å². The van der Waals surface area contributed by atoms with Gasteiger partial charge in [-0.15, -0.1) is 0 Å². The van der Waals surface area contributed by atoms with Gasteiger partial charge >= 0.3 is 12.3 Å². The molecule has 0 unspecified atom stereocenters. The van der Waals surface area contributed by atoms with Gasteiger partial charge in [0.2, 0.25) is 0 Å². The molecule has 0 saturated heterocycles. The lowest BCUT2D eigenvalue weighted by Gasteiger charge is -2.28. The first-order valence-electron chi connectivity index (χ1n) is 4.66. The van der Waals surface area contributed by atoms with E-state index in [2.05, 4.69) is 0 Å². The minimum Gasteiger partial charge on any atom is -0.346 e. The van der Waals surface area contributed by atoms with Crippen LogP contribution in [0, 0.1) is 5.92 Å². The zero-order chi connectivity index (χ0) is 11.9. The third kappa shape index (κ3) is 2.60.